The summed E-state index contributed by atoms with van der Waals surface area (Å²) in [5.74, 6) is 0.720. The highest BCUT2D eigenvalue weighted by Crippen LogP contribution is 2.28. The fraction of sp³-hybridized carbons (Fsp3) is 0.0909. The number of aromatic nitrogens is 3. The van der Waals surface area contributed by atoms with E-state index in [4.69, 9.17) is 0 Å². The van der Waals surface area contributed by atoms with Crippen molar-refractivity contribution in [1.82, 2.24) is 14.5 Å². The van der Waals surface area contributed by atoms with Crippen LogP contribution < -0.4 is 5.32 Å². The first-order chi connectivity index (χ1) is 13.7. The summed E-state index contributed by atoms with van der Waals surface area (Å²) in [4.78, 5) is 19.2. The number of nitriles is 1. The number of fused-ring (bicyclic) bond motifs is 2. The van der Waals surface area contributed by atoms with E-state index in [2.05, 4.69) is 27.9 Å². The van der Waals surface area contributed by atoms with Crippen LogP contribution in [0.25, 0.3) is 22.2 Å². The lowest BCUT2D eigenvalue weighted by molar-refractivity contribution is 0.112. The average Bonchev–Trinajstić information content (AvgIpc) is 3.05. The number of anilines is 1. The normalized spacial score (nSPS) is 10.0. The average molecular weight is 369 g/mol. The fourth-order valence-corrected chi connectivity index (χ4v) is 2.90. The third-order valence-electron chi connectivity index (χ3n) is 4.15. The van der Waals surface area contributed by atoms with Crippen molar-refractivity contribution >= 4 is 34.3 Å². The Kier molecular flexibility index (Phi) is 5.78. The lowest BCUT2D eigenvalue weighted by Crippen LogP contribution is -2.03. The Balaban J connectivity index is 0.000000236. The molecule has 0 saturated carbocycles. The molecule has 0 atom stereocenters. The first-order valence-corrected chi connectivity index (χ1v) is 8.71. The van der Waals surface area contributed by atoms with E-state index in [1.54, 1.807) is 25.3 Å². The zero-order valence-corrected chi connectivity index (χ0v) is 15.5. The lowest BCUT2D eigenvalue weighted by Gasteiger charge is -2.06. The first kappa shape index (κ1) is 18.8. The second kappa shape index (κ2) is 8.60. The fourth-order valence-electron chi connectivity index (χ4n) is 2.90. The second-order valence-corrected chi connectivity index (χ2v) is 5.90. The van der Waals surface area contributed by atoms with Crippen LogP contribution in [0.3, 0.4) is 0 Å². The predicted molar refractivity (Wildman–Crippen MR) is 111 cm³/mol. The molecule has 4 rings (SSSR count). The Morgan fingerprint density at radius 1 is 1.11 bits per heavy atom. The molecule has 0 aliphatic carbocycles. The Labute approximate surface area is 162 Å². The maximum Gasteiger partial charge on any atom is 0.162 e. The van der Waals surface area contributed by atoms with E-state index in [1.807, 2.05) is 47.0 Å². The van der Waals surface area contributed by atoms with Crippen molar-refractivity contribution in [2.24, 2.45) is 0 Å². The largest absolute Gasteiger partial charge is 0.373 e. The quantitative estimate of drug-likeness (QED) is 0.431. The van der Waals surface area contributed by atoms with Gasteiger partial charge in [0.2, 0.25) is 0 Å². The van der Waals surface area contributed by atoms with Gasteiger partial charge in [0, 0.05) is 19.2 Å². The van der Waals surface area contributed by atoms with Crippen LogP contribution in [-0.4, -0.2) is 27.9 Å². The van der Waals surface area contributed by atoms with Gasteiger partial charge in [0.1, 0.15) is 29.3 Å². The number of nitrogens with zero attached hydrogens (tertiary/aromatic N) is 4. The van der Waals surface area contributed by atoms with E-state index < -0.39 is 0 Å². The van der Waals surface area contributed by atoms with Crippen LogP contribution in [0, 0.1) is 11.3 Å². The number of benzene rings is 2. The van der Waals surface area contributed by atoms with Crippen molar-refractivity contribution in [1.29, 1.82) is 5.26 Å². The maximum absolute atomic E-state index is 10.0. The maximum atomic E-state index is 10.0. The lowest BCUT2D eigenvalue weighted by atomic mass is 10.2. The molecule has 0 bridgehead atoms. The molecule has 0 spiro atoms. The van der Waals surface area contributed by atoms with Gasteiger partial charge in [0.15, 0.2) is 5.65 Å². The van der Waals surface area contributed by atoms with Gasteiger partial charge in [-0.2, -0.15) is 5.26 Å². The summed E-state index contributed by atoms with van der Waals surface area (Å²) in [6, 6.07) is 19.0. The molecule has 28 heavy (non-hydrogen) atoms. The molecule has 2 aromatic carbocycles. The van der Waals surface area contributed by atoms with Crippen LogP contribution in [0.5, 0.6) is 0 Å². The smallest absolute Gasteiger partial charge is 0.162 e. The van der Waals surface area contributed by atoms with Gasteiger partial charge < -0.3 is 9.88 Å². The summed E-state index contributed by atoms with van der Waals surface area (Å²) in [5, 5.41) is 12.5. The molecule has 6 heteroatoms. The molecule has 138 valence electrons. The molecular formula is C22H19N5O. The number of carbonyl (C=O) groups is 1. The molecule has 2 aromatic heterocycles. The van der Waals surface area contributed by atoms with Crippen LogP contribution in [-0.2, 0) is 6.54 Å². The van der Waals surface area contributed by atoms with Gasteiger partial charge in [-0.05, 0) is 12.1 Å². The third kappa shape index (κ3) is 3.60. The van der Waals surface area contributed by atoms with E-state index >= 15 is 0 Å². The number of hydrogen-bond donors (Lipinski definition) is 1. The van der Waals surface area contributed by atoms with Crippen LogP contribution in [0.15, 0.2) is 67.3 Å². The van der Waals surface area contributed by atoms with Crippen LogP contribution in [0.1, 0.15) is 15.9 Å². The van der Waals surface area contributed by atoms with Crippen molar-refractivity contribution in [3.63, 3.8) is 0 Å². The summed E-state index contributed by atoms with van der Waals surface area (Å²) in [6.07, 6.45) is 2.61. The van der Waals surface area contributed by atoms with E-state index in [0.29, 0.717) is 23.3 Å². The third-order valence-corrected chi connectivity index (χ3v) is 4.15. The van der Waals surface area contributed by atoms with Crippen molar-refractivity contribution < 1.29 is 4.79 Å². The van der Waals surface area contributed by atoms with E-state index in [0.717, 1.165) is 28.7 Å². The highest BCUT2D eigenvalue weighted by molar-refractivity contribution is 5.92. The molecular weight excluding hydrogens is 350 g/mol. The van der Waals surface area contributed by atoms with Gasteiger partial charge in [0.25, 0.3) is 0 Å². The van der Waals surface area contributed by atoms with E-state index in [-0.39, 0.29) is 0 Å². The monoisotopic (exact) mass is 369 g/mol. The molecule has 4 aromatic rings. The van der Waals surface area contributed by atoms with Gasteiger partial charge in [-0.15, -0.1) is 6.58 Å². The van der Waals surface area contributed by atoms with Crippen molar-refractivity contribution in [3.05, 3.63) is 78.4 Å². The SMILES string of the molecule is C=CCn1c(NC)c(C#N)c2nc3ccccc3nc21.O=Cc1ccccc1. The Bertz CT molecular complexity index is 1170. The molecule has 2 heterocycles. The number of rotatable bonds is 4. The Morgan fingerprint density at radius 3 is 2.29 bits per heavy atom. The standard InChI is InChI=1S/C15H13N5.C7H6O/c1-3-8-20-14(17-2)10(9-16)13-15(20)19-12-7-5-4-6-11(12)18-13;8-6-7-4-2-1-3-5-7/h3-7,17H,1,8H2,2H3;1-6H. The number of allylic oxidation sites excluding steroid dienone is 1. The van der Waals surface area contributed by atoms with Gasteiger partial charge in [-0.3, -0.25) is 4.79 Å². The van der Waals surface area contributed by atoms with E-state index in [1.165, 1.54) is 0 Å². The van der Waals surface area contributed by atoms with Gasteiger partial charge in [0.05, 0.1) is 11.0 Å². The summed E-state index contributed by atoms with van der Waals surface area (Å²) in [6.45, 7) is 4.33. The van der Waals surface area contributed by atoms with Gasteiger partial charge >= 0.3 is 0 Å². The van der Waals surface area contributed by atoms with Crippen LogP contribution >= 0.6 is 0 Å². The predicted octanol–water partition coefficient (Wildman–Crippen LogP) is 4.18. The summed E-state index contributed by atoms with van der Waals surface area (Å²) in [5.41, 5.74) is 4.17. The summed E-state index contributed by atoms with van der Waals surface area (Å²) in [7, 11) is 1.79. The minimum atomic E-state index is 0.516. The first-order valence-electron chi connectivity index (χ1n) is 8.71. The van der Waals surface area contributed by atoms with Crippen LogP contribution in [0.4, 0.5) is 5.82 Å². The highest BCUT2D eigenvalue weighted by atomic mass is 16.1. The molecule has 0 radical (unpaired) electrons. The number of carbonyl (C=O) groups excluding carboxylic acids is 1. The van der Waals surface area contributed by atoms with Crippen molar-refractivity contribution in [3.8, 4) is 6.07 Å². The van der Waals surface area contributed by atoms with Gasteiger partial charge in [-0.25, -0.2) is 9.97 Å². The molecule has 0 aliphatic rings. The van der Waals surface area contributed by atoms with Crippen LogP contribution in [0.2, 0.25) is 0 Å². The van der Waals surface area contributed by atoms with E-state index in [9.17, 15) is 10.1 Å². The van der Waals surface area contributed by atoms with Crippen molar-refractivity contribution in [2.75, 3.05) is 12.4 Å². The molecule has 6 nitrogen and oxygen atoms in total. The summed E-state index contributed by atoms with van der Waals surface area (Å²) < 4.78 is 1.92. The number of aldehydes is 1. The Morgan fingerprint density at radius 2 is 1.75 bits per heavy atom. The zero-order valence-electron chi connectivity index (χ0n) is 15.5. The molecule has 0 unspecified atom stereocenters. The zero-order chi connectivity index (χ0) is 19.9. The molecule has 0 aliphatic heterocycles. The number of hydrogen-bond acceptors (Lipinski definition) is 5. The van der Waals surface area contributed by atoms with Gasteiger partial charge in [-0.1, -0.05) is 48.5 Å². The minimum absolute atomic E-state index is 0.516. The molecule has 1 N–H and O–H groups in total. The molecule has 0 amide bonds. The summed E-state index contributed by atoms with van der Waals surface area (Å²) >= 11 is 0. The minimum Gasteiger partial charge on any atom is -0.373 e. The van der Waals surface area contributed by atoms with Crippen molar-refractivity contribution in [2.45, 2.75) is 6.54 Å². The molecule has 0 fully saturated rings. The second-order valence-electron chi connectivity index (χ2n) is 5.90. The highest BCUT2D eigenvalue weighted by Gasteiger charge is 2.18. The number of para-hydroxylation sites is 2. The topological polar surface area (TPSA) is 83.6 Å². The number of nitrogens with one attached hydrogen (secondary N) is 1. The Hall–Kier alpha value is -3.98. The molecule has 0 saturated heterocycles.